The first-order chi connectivity index (χ1) is 12.1. The molecule has 0 amide bonds. The highest BCUT2D eigenvalue weighted by atomic mass is 35.5. The van der Waals surface area contributed by atoms with Crippen LogP contribution in [0.2, 0.25) is 15.3 Å². The van der Waals surface area contributed by atoms with E-state index in [4.69, 9.17) is 34.8 Å². The van der Waals surface area contributed by atoms with Crippen LogP contribution in [0.3, 0.4) is 0 Å². The summed E-state index contributed by atoms with van der Waals surface area (Å²) in [6.45, 7) is 0.537. The molecule has 0 bridgehead atoms. The Hall–Kier alpha value is -1.56. The summed E-state index contributed by atoms with van der Waals surface area (Å²) in [7, 11) is 0. The Morgan fingerprint density at radius 3 is 2.64 bits per heavy atom. The Morgan fingerprint density at radius 1 is 1.08 bits per heavy atom. The fourth-order valence-corrected chi connectivity index (χ4v) is 3.78. The molecule has 5 nitrogen and oxygen atoms in total. The lowest BCUT2D eigenvalue weighted by Gasteiger charge is -2.12. The first kappa shape index (κ1) is 16.9. The normalized spacial score (nSPS) is 15.2. The summed E-state index contributed by atoms with van der Waals surface area (Å²) in [6, 6.07) is 5.96. The first-order valence-corrected chi connectivity index (χ1v) is 9.33. The van der Waals surface area contributed by atoms with E-state index in [2.05, 4.69) is 24.8 Å². The molecule has 25 heavy (non-hydrogen) atoms. The maximum Gasteiger partial charge on any atom is 0.226 e. The molecule has 0 atom stereocenters. The van der Waals surface area contributed by atoms with E-state index >= 15 is 0 Å². The van der Waals surface area contributed by atoms with Crippen molar-refractivity contribution < 1.29 is 0 Å². The van der Waals surface area contributed by atoms with Gasteiger partial charge in [0.2, 0.25) is 5.28 Å². The van der Waals surface area contributed by atoms with Crippen molar-refractivity contribution in [1.82, 2.24) is 19.5 Å². The molecule has 2 heterocycles. The zero-order valence-electron chi connectivity index (χ0n) is 13.3. The predicted molar refractivity (Wildman–Crippen MR) is 102 cm³/mol. The summed E-state index contributed by atoms with van der Waals surface area (Å²) >= 11 is 18.2. The molecule has 8 heteroatoms. The number of imidazole rings is 1. The summed E-state index contributed by atoms with van der Waals surface area (Å²) in [5, 5.41) is 4.55. The van der Waals surface area contributed by atoms with E-state index in [0.29, 0.717) is 28.4 Å². The Morgan fingerprint density at radius 2 is 1.88 bits per heavy atom. The van der Waals surface area contributed by atoms with Crippen LogP contribution in [0.15, 0.2) is 24.5 Å². The second-order valence-corrected chi connectivity index (χ2v) is 7.36. The van der Waals surface area contributed by atoms with E-state index in [1.165, 1.54) is 12.8 Å². The van der Waals surface area contributed by atoms with Crippen molar-refractivity contribution in [2.24, 2.45) is 0 Å². The number of rotatable bonds is 4. The number of hydrogen-bond acceptors (Lipinski definition) is 4. The zero-order valence-corrected chi connectivity index (χ0v) is 15.6. The summed E-state index contributed by atoms with van der Waals surface area (Å²) in [5.74, 6) is 0.623. The standard InChI is InChI=1S/C17H16Cl3N5/c18-12-6-5-10(7-13(12)19)8-21-15-14-16(24-17(20)23-15)25(9-22-14)11-3-1-2-4-11/h5-7,9,11H,1-4,8H2,(H,21,23,24). The Balaban J connectivity index is 1.63. The van der Waals surface area contributed by atoms with Crippen LogP contribution in [0.5, 0.6) is 0 Å². The van der Waals surface area contributed by atoms with Gasteiger partial charge in [0, 0.05) is 12.6 Å². The highest BCUT2D eigenvalue weighted by Crippen LogP contribution is 2.33. The summed E-state index contributed by atoms with van der Waals surface area (Å²) < 4.78 is 2.13. The van der Waals surface area contributed by atoms with Crippen molar-refractivity contribution >= 4 is 51.8 Å². The van der Waals surface area contributed by atoms with Gasteiger partial charge in [0.05, 0.1) is 16.4 Å². The number of anilines is 1. The van der Waals surface area contributed by atoms with Crippen LogP contribution in [0.1, 0.15) is 37.3 Å². The fraction of sp³-hybridized carbons (Fsp3) is 0.353. The molecule has 1 N–H and O–H groups in total. The van der Waals surface area contributed by atoms with Gasteiger partial charge >= 0.3 is 0 Å². The van der Waals surface area contributed by atoms with Gasteiger partial charge in [-0.25, -0.2) is 4.98 Å². The SMILES string of the molecule is Clc1nc(NCc2ccc(Cl)c(Cl)c2)c2ncn(C3CCCC3)c2n1. The van der Waals surface area contributed by atoms with Crippen molar-refractivity contribution in [2.75, 3.05) is 5.32 Å². The van der Waals surface area contributed by atoms with Crippen LogP contribution in [0.4, 0.5) is 5.82 Å². The molecule has 0 saturated heterocycles. The second kappa shape index (κ2) is 6.98. The molecule has 0 unspecified atom stereocenters. The molecule has 4 rings (SSSR count). The third kappa shape index (κ3) is 3.41. The average molecular weight is 397 g/mol. The minimum absolute atomic E-state index is 0.212. The van der Waals surface area contributed by atoms with Gasteiger partial charge < -0.3 is 9.88 Å². The highest BCUT2D eigenvalue weighted by Gasteiger charge is 2.21. The van der Waals surface area contributed by atoms with Crippen LogP contribution in [-0.4, -0.2) is 19.5 Å². The van der Waals surface area contributed by atoms with Crippen molar-refractivity contribution in [3.05, 3.63) is 45.4 Å². The fourth-order valence-electron chi connectivity index (χ4n) is 3.30. The first-order valence-electron chi connectivity index (χ1n) is 8.19. The van der Waals surface area contributed by atoms with Gasteiger partial charge in [-0.05, 0) is 42.1 Å². The van der Waals surface area contributed by atoms with E-state index in [9.17, 15) is 0 Å². The van der Waals surface area contributed by atoms with Crippen molar-refractivity contribution in [3.63, 3.8) is 0 Å². The number of nitrogens with zero attached hydrogens (tertiary/aromatic N) is 4. The molecule has 1 aliphatic rings. The minimum Gasteiger partial charge on any atom is -0.364 e. The van der Waals surface area contributed by atoms with Crippen molar-refractivity contribution in [1.29, 1.82) is 0 Å². The van der Waals surface area contributed by atoms with Crippen LogP contribution in [-0.2, 0) is 6.54 Å². The van der Waals surface area contributed by atoms with Crippen LogP contribution in [0.25, 0.3) is 11.2 Å². The zero-order chi connectivity index (χ0) is 17.4. The summed E-state index contributed by atoms with van der Waals surface area (Å²) in [4.78, 5) is 13.2. The molecule has 1 saturated carbocycles. The molecular weight excluding hydrogens is 381 g/mol. The lowest BCUT2D eigenvalue weighted by Crippen LogP contribution is -2.06. The Labute approximate surface area is 160 Å². The van der Waals surface area contributed by atoms with Crippen LogP contribution >= 0.6 is 34.8 Å². The van der Waals surface area contributed by atoms with E-state index in [-0.39, 0.29) is 5.28 Å². The number of fused-ring (bicyclic) bond motifs is 1. The highest BCUT2D eigenvalue weighted by molar-refractivity contribution is 6.42. The monoisotopic (exact) mass is 395 g/mol. The summed E-state index contributed by atoms with van der Waals surface area (Å²) in [6.07, 6.45) is 6.63. The number of hydrogen-bond donors (Lipinski definition) is 1. The van der Waals surface area contributed by atoms with E-state index in [1.807, 2.05) is 18.5 Å². The maximum absolute atomic E-state index is 6.15. The number of aromatic nitrogens is 4. The third-order valence-corrected chi connectivity index (χ3v) is 5.46. The molecule has 3 aromatic rings. The van der Waals surface area contributed by atoms with Gasteiger partial charge in [-0.15, -0.1) is 0 Å². The van der Waals surface area contributed by atoms with Crippen LogP contribution in [0, 0.1) is 0 Å². The summed E-state index contributed by atoms with van der Waals surface area (Å²) in [5.41, 5.74) is 2.51. The molecule has 1 aromatic carbocycles. The topological polar surface area (TPSA) is 55.6 Å². The largest absolute Gasteiger partial charge is 0.364 e. The third-order valence-electron chi connectivity index (χ3n) is 4.56. The minimum atomic E-state index is 0.212. The van der Waals surface area contributed by atoms with Gasteiger partial charge in [-0.1, -0.05) is 42.1 Å². The quantitative estimate of drug-likeness (QED) is 0.590. The van der Waals surface area contributed by atoms with Crippen molar-refractivity contribution in [3.8, 4) is 0 Å². The molecule has 2 aromatic heterocycles. The Kier molecular flexibility index (Phi) is 4.71. The van der Waals surface area contributed by atoms with E-state index in [1.54, 1.807) is 6.07 Å². The van der Waals surface area contributed by atoms with Gasteiger partial charge in [0.1, 0.15) is 0 Å². The predicted octanol–water partition coefficient (Wildman–Crippen LogP) is 5.51. The molecule has 130 valence electrons. The van der Waals surface area contributed by atoms with Gasteiger partial charge in [-0.2, -0.15) is 9.97 Å². The van der Waals surface area contributed by atoms with Crippen LogP contribution < -0.4 is 5.32 Å². The van der Waals surface area contributed by atoms with Crippen molar-refractivity contribution in [2.45, 2.75) is 38.3 Å². The second-order valence-electron chi connectivity index (χ2n) is 6.21. The smallest absolute Gasteiger partial charge is 0.226 e. The molecule has 0 radical (unpaired) electrons. The van der Waals surface area contributed by atoms with Gasteiger partial charge in [-0.3, -0.25) is 0 Å². The molecular formula is C17H16Cl3N5. The van der Waals surface area contributed by atoms with E-state index < -0.39 is 0 Å². The maximum atomic E-state index is 6.15. The molecule has 1 fully saturated rings. The number of nitrogens with one attached hydrogen (secondary N) is 1. The molecule has 0 spiro atoms. The van der Waals surface area contributed by atoms with E-state index in [0.717, 1.165) is 29.6 Å². The molecule has 0 aliphatic heterocycles. The lowest BCUT2D eigenvalue weighted by atomic mass is 10.2. The average Bonchev–Trinajstić information content (AvgIpc) is 3.24. The van der Waals surface area contributed by atoms with Gasteiger partial charge in [0.15, 0.2) is 17.0 Å². The number of halogens is 3. The lowest BCUT2D eigenvalue weighted by molar-refractivity contribution is 0.529. The Bertz CT molecular complexity index is 918. The van der Waals surface area contributed by atoms with Gasteiger partial charge in [0.25, 0.3) is 0 Å². The number of benzene rings is 1. The molecule has 1 aliphatic carbocycles.